The second kappa shape index (κ2) is 8.28. The zero-order valence-corrected chi connectivity index (χ0v) is 18.8. The molecule has 2 aliphatic rings. The number of rotatable bonds is 4. The molecule has 0 bridgehead atoms. The third kappa shape index (κ3) is 3.94. The van der Waals surface area contributed by atoms with Crippen molar-refractivity contribution in [2.75, 3.05) is 12.4 Å². The molecule has 6 heteroatoms. The molecule has 4 rings (SSSR count). The fraction of sp³-hybridized carbons (Fsp3) is 0.308. The monoisotopic (exact) mass is 431 g/mol. The van der Waals surface area contributed by atoms with Crippen molar-refractivity contribution in [2.45, 2.75) is 38.8 Å². The van der Waals surface area contributed by atoms with Crippen LogP contribution in [0.15, 0.2) is 60.9 Å². The molecule has 0 fully saturated rings. The lowest BCUT2D eigenvalue weighted by molar-refractivity contribution is -0.130. The van der Waals surface area contributed by atoms with Crippen molar-refractivity contribution in [1.29, 1.82) is 0 Å². The lowest BCUT2D eigenvalue weighted by Gasteiger charge is -2.32. The topological polar surface area (TPSA) is 81.7 Å². The van der Waals surface area contributed by atoms with Crippen LogP contribution in [0, 0.1) is 5.92 Å². The molecule has 32 heavy (non-hydrogen) atoms. The first-order valence-corrected chi connectivity index (χ1v) is 10.8. The maximum absolute atomic E-state index is 12.9. The van der Waals surface area contributed by atoms with Gasteiger partial charge in [0.25, 0.3) is 5.91 Å². The predicted molar refractivity (Wildman–Crippen MR) is 126 cm³/mol. The molecule has 0 saturated heterocycles. The molecular formula is C26H29N3O3. The molecule has 2 aromatic carbocycles. The van der Waals surface area contributed by atoms with Crippen molar-refractivity contribution in [1.82, 2.24) is 10.2 Å². The molecule has 2 aliphatic heterocycles. The Hall–Kier alpha value is -3.38. The number of hydrogen-bond acceptors (Lipinski definition) is 4. The Morgan fingerprint density at radius 2 is 1.88 bits per heavy atom. The Labute approximate surface area is 188 Å². The lowest BCUT2D eigenvalue weighted by Crippen LogP contribution is -2.46. The van der Waals surface area contributed by atoms with E-state index in [9.17, 15) is 14.7 Å². The minimum absolute atomic E-state index is 0.00235. The van der Waals surface area contributed by atoms with E-state index in [1.807, 2.05) is 48.7 Å². The normalized spacial score (nSPS) is 20.0. The highest BCUT2D eigenvalue weighted by molar-refractivity contribution is 6.05. The summed E-state index contributed by atoms with van der Waals surface area (Å²) in [5.41, 5.74) is 4.64. The molecule has 2 aromatic rings. The number of nitrogens with one attached hydrogen (secondary N) is 2. The summed E-state index contributed by atoms with van der Waals surface area (Å²) in [4.78, 5) is 27.0. The number of carbonyl (C=O) groups is 2. The highest BCUT2D eigenvalue weighted by atomic mass is 16.3. The standard InChI is InChI=1S/C26H29N3O3/c1-26(2,3)17-10-8-16(9-11-17)24(31)28-22-7-5-6-18(21(22)15-30)20-14-29(4)25(32)23-19(20)12-13-27-23/h5-14,19,23,27,30H,15H2,1-4H3,(H,28,31). The number of fused-ring (bicyclic) bond motifs is 1. The summed E-state index contributed by atoms with van der Waals surface area (Å²) < 4.78 is 0. The number of aliphatic hydroxyl groups excluding tert-OH is 1. The van der Waals surface area contributed by atoms with Crippen LogP contribution in [0.2, 0.25) is 0 Å². The Morgan fingerprint density at radius 3 is 2.53 bits per heavy atom. The maximum atomic E-state index is 12.9. The van der Waals surface area contributed by atoms with Gasteiger partial charge in [0, 0.05) is 36.0 Å². The molecule has 0 spiro atoms. The number of nitrogens with zero attached hydrogens (tertiary/aromatic N) is 1. The van der Waals surface area contributed by atoms with E-state index in [0.29, 0.717) is 16.8 Å². The van der Waals surface area contributed by atoms with Gasteiger partial charge in [0.15, 0.2) is 0 Å². The fourth-order valence-electron chi connectivity index (χ4n) is 4.27. The van der Waals surface area contributed by atoms with Crippen molar-refractivity contribution >= 4 is 23.1 Å². The molecule has 166 valence electrons. The molecule has 0 aliphatic carbocycles. The van der Waals surface area contributed by atoms with E-state index < -0.39 is 0 Å². The Morgan fingerprint density at radius 1 is 1.16 bits per heavy atom. The molecule has 3 N–H and O–H groups in total. The van der Waals surface area contributed by atoms with E-state index in [0.717, 1.165) is 16.7 Å². The first-order chi connectivity index (χ1) is 15.2. The number of aliphatic hydroxyl groups is 1. The average Bonchev–Trinajstić information content (AvgIpc) is 3.26. The Kier molecular flexibility index (Phi) is 5.65. The smallest absolute Gasteiger partial charge is 0.255 e. The molecule has 0 aromatic heterocycles. The molecule has 0 radical (unpaired) electrons. The van der Waals surface area contributed by atoms with Gasteiger partial charge in [0.1, 0.15) is 6.04 Å². The van der Waals surface area contributed by atoms with Crippen LogP contribution in [0.5, 0.6) is 0 Å². The summed E-state index contributed by atoms with van der Waals surface area (Å²) in [6.07, 6.45) is 5.57. The third-order valence-electron chi connectivity index (χ3n) is 6.15. The molecule has 0 saturated carbocycles. The summed E-state index contributed by atoms with van der Waals surface area (Å²) in [6.45, 7) is 6.15. The van der Waals surface area contributed by atoms with Gasteiger partial charge in [-0.1, -0.05) is 51.1 Å². The number of amides is 2. The van der Waals surface area contributed by atoms with Crippen LogP contribution in [-0.4, -0.2) is 34.9 Å². The van der Waals surface area contributed by atoms with Crippen molar-refractivity contribution in [2.24, 2.45) is 5.92 Å². The molecule has 6 nitrogen and oxygen atoms in total. The first-order valence-electron chi connectivity index (χ1n) is 10.8. The van der Waals surface area contributed by atoms with Gasteiger partial charge < -0.3 is 20.6 Å². The van der Waals surface area contributed by atoms with Crippen molar-refractivity contribution < 1.29 is 14.7 Å². The van der Waals surface area contributed by atoms with Crippen LogP contribution >= 0.6 is 0 Å². The average molecular weight is 432 g/mol. The van der Waals surface area contributed by atoms with Crippen molar-refractivity contribution in [3.63, 3.8) is 0 Å². The molecule has 2 atom stereocenters. The number of likely N-dealkylation sites (N-methyl/N-ethyl adjacent to an activating group) is 1. The van der Waals surface area contributed by atoms with E-state index in [-0.39, 0.29) is 35.8 Å². The van der Waals surface area contributed by atoms with E-state index >= 15 is 0 Å². The van der Waals surface area contributed by atoms with E-state index in [1.165, 1.54) is 0 Å². The predicted octanol–water partition coefficient (Wildman–Crippen LogP) is 3.64. The number of carbonyl (C=O) groups excluding carboxylic acids is 2. The quantitative estimate of drug-likeness (QED) is 0.690. The minimum atomic E-state index is -0.355. The SMILES string of the molecule is CN1C=C(c2cccc(NC(=O)c3ccc(C(C)(C)C)cc3)c2CO)C2C=CNC2C1=O. The molecule has 2 amide bonds. The number of anilines is 1. The number of hydrogen-bond donors (Lipinski definition) is 3. The van der Waals surface area contributed by atoms with Crippen molar-refractivity contribution in [3.05, 3.63) is 83.2 Å². The summed E-state index contributed by atoms with van der Waals surface area (Å²) in [7, 11) is 1.73. The van der Waals surface area contributed by atoms with Crippen LogP contribution in [0.25, 0.3) is 5.57 Å². The van der Waals surface area contributed by atoms with Crippen LogP contribution in [-0.2, 0) is 16.8 Å². The Bertz CT molecular complexity index is 1110. The van der Waals surface area contributed by atoms with Crippen LogP contribution < -0.4 is 10.6 Å². The van der Waals surface area contributed by atoms with Gasteiger partial charge in [-0.3, -0.25) is 9.59 Å². The van der Waals surface area contributed by atoms with E-state index in [2.05, 4.69) is 31.4 Å². The van der Waals surface area contributed by atoms with E-state index in [4.69, 9.17) is 0 Å². The Balaban J connectivity index is 1.65. The van der Waals surface area contributed by atoms with Gasteiger partial charge in [-0.2, -0.15) is 0 Å². The van der Waals surface area contributed by atoms with Gasteiger partial charge in [-0.25, -0.2) is 0 Å². The van der Waals surface area contributed by atoms with Gasteiger partial charge in [0.2, 0.25) is 5.91 Å². The van der Waals surface area contributed by atoms with Gasteiger partial charge in [0.05, 0.1) is 6.61 Å². The number of benzene rings is 2. The van der Waals surface area contributed by atoms with Gasteiger partial charge in [-0.05, 0) is 46.5 Å². The molecule has 2 unspecified atom stereocenters. The van der Waals surface area contributed by atoms with Crippen LogP contribution in [0.1, 0.15) is 47.8 Å². The highest BCUT2D eigenvalue weighted by Gasteiger charge is 2.38. The van der Waals surface area contributed by atoms with Crippen LogP contribution in [0.4, 0.5) is 5.69 Å². The van der Waals surface area contributed by atoms with Gasteiger partial charge >= 0.3 is 0 Å². The summed E-state index contributed by atoms with van der Waals surface area (Å²) in [5.74, 6) is -0.361. The van der Waals surface area contributed by atoms with Crippen LogP contribution in [0.3, 0.4) is 0 Å². The summed E-state index contributed by atoms with van der Waals surface area (Å²) >= 11 is 0. The second-order valence-corrected chi connectivity index (χ2v) is 9.33. The molecule has 2 heterocycles. The fourth-order valence-corrected chi connectivity index (χ4v) is 4.27. The first kappa shape index (κ1) is 21.8. The van der Waals surface area contributed by atoms with Crippen molar-refractivity contribution in [3.8, 4) is 0 Å². The minimum Gasteiger partial charge on any atom is -0.392 e. The van der Waals surface area contributed by atoms with E-state index in [1.54, 1.807) is 24.2 Å². The molecular weight excluding hydrogens is 402 g/mol. The highest BCUT2D eigenvalue weighted by Crippen LogP contribution is 2.38. The largest absolute Gasteiger partial charge is 0.392 e. The lowest BCUT2D eigenvalue weighted by atomic mass is 9.83. The summed E-state index contributed by atoms with van der Waals surface area (Å²) in [5, 5.41) is 16.3. The maximum Gasteiger partial charge on any atom is 0.255 e. The zero-order chi connectivity index (χ0) is 23.0. The second-order valence-electron chi connectivity index (χ2n) is 9.33. The third-order valence-corrected chi connectivity index (χ3v) is 6.15. The zero-order valence-electron chi connectivity index (χ0n) is 18.8. The summed E-state index contributed by atoms with van der Waals surface area (Å²) in [6, 6.07) is 12.8. The van der Waals surface area contributed by atoms with Gasteiger partial charge in [-0.15, -0.1) is 0 Å².